The van der Waals surface area contributed by atoms with Gasteiger partial charge in [0.05, 0.1) is 33.6 Å². The van der Waals surface area contributed by atoms with E-state index in [1.54, 1.807) is 42.7 Å². The predicted molar refractivity (Wildman–Crippen MR) is 140 cm³/mol. The highest BCUT2D eigenvalue weighted by Crippen LogP contribution is 2.34. The van der Waals surface area contributed by atoms with Gasteiger partial charge < -0.3 is 15.5 Å². The number of alkyl halides is 1. The van der Waals surface area contributed by atoms with Gasteiger partial charge in [-0.05, 0) is 44.8 Å². The van der Waals surface area contributed by atoms with Gasteiger partial charge in [0.25, 0.3) is 17.4 Å². The SMILES string of the molecule is CN(C)CCNC(=O)c1cc(-n2ccccc2=O)ccc1-n1cc(CNC(=O)C2=CCC(Cl)S2)nn1. The molecule has 1 atom stereocenters. The van der Waals surface area contributed by atoms with Crippen LogP contribution in [0.25, 0.3) is 11.4 Å². The van der Waals surface area contributed by atoms with Crippen LogP contribution in [0.15, 0.2) is 64.6 Å². The molecule has 1 aliphatic rings. The molecule has 0 spiro atoms. The van der Waals surface area contributed by atoms with Crippen LogP contribution in [0.4, 0.5) is 0 Å². The van der Waals surface area contributed by atoms with Crippen LogP contribution in [0.2, 0.25) is 0 Å². The molecule has 0 saturated carbocycles. The van der Waals surface area contributed by atoms with Crippen LogP contribution < -0.4 is 16.2 Å². The van der Waals surface area contributed by atoms with Gasteiger partial charge in [-0.2, -0.15) is 0 Å². The number of thioether (sulfide) groups is 1. The molecule has 0 aliphatic carbocycles. The number of aromatic nitrogens is 4. The number of allylic oxidation sites excluding steroid dienone is 1. The maximum atomic E-state index is 13.1. The first kappa shape index (κ1) is 25.7. The molecule has 2 aromatic heterocycles. The first-order valence-corrected chi connectivity index (χ1v) is 12.6. The lowest BCUT2D eigenvalue weighted by molar-refractivity contribution is -0.117. The summed E-state index contributed by atoms with van der Waals surface area (Å²) in [4.78, 5) is 40.3. The lowest BCUT2D eigenvalue weighted by Gasteiger charge is -2.14. The molecule has 0 fully saturated rings. The Labute approximate surface area is 217 Å². The Morgan fingerprint density at radius 1 is 1.19 bits per heavy atom. The van der Waals surface area contributed by atoms with Crippen molar-refractivity contribution < 1.29 is 9.59 Å². The van der Waals surface area contributed by atoms with Gasteiger partial charge in [0.15, 0.2) is 0 Å². The normalized spacial score (nSPS) is 15.1. The average Bonchev–Trinajstić information content (AvgIpc) is 3.51. The number of hydrogen-bond donors (Lipinski definition) is 2. The number of carbonyl (C=O) groups is 2. The summed E-state index contributed by atoms with van der Waals surface area (Å²) in [5.41, 5.74) is 1.70. The average molecular weight is 528 g/mol. The lowest BCUT2D eigenvalue weighted by atomic mass is 10.1. The van der Waals surface area contributed by atoms with E-state index < -0.39 is 0 Å². The van der Waals surface area contributed by atoms with Crippen molar-refractivity contribution in [1.29, 1.82) is 0 Å². The van der Waals surface area contributed by atoms with Crippen LogP contribution in [0, 0.1) is 0 Å². The number of rotatable bonds is 9. The van der Waals surface area contributed by atoms with Crippen LogP contribution in [0.3, 0.4) is 0 Å². The van der Waals surface area contributed by atoms with E-state index in [-0.39, 0.29) is 28.6 Å². The first-order valence-electron chi connectivity index (χ1n) is 11.3. The number of carbonyl (C=O) groups excluding carboxylic acids is 2. The van der Waals surface area contributed by atoms with E-state index in [0.29, 0.717) is 47.0 Å². The summed E-state index contributed by atoms with van der Waals surface area (Å²) in [6.07, 6.45) is 5.76. The zero-order valence-corrected chi connectivity index (χ0v) is 21.4. The largest absolute Gasteiger partial charge is 0.351 e. The summed E-state index contributed by atoms with van der Waals surface area (Å²) in [7, 11) is 3.84. The maximum absolute atomic E-state index is 13.1. The quantitative estimate of drug-likeness (QED) is 0.408. The molecule has 1 aliphatic heterocycles. The molecule has 2 N–H and O–H groups in total. The van der Waals surface area contributed by atoms with E-state index in [1.807, 2.05) is 25.1 Å². The van der Waals surface area contributed by atoms with Crippen molar-refractivity contribution in [2.45, 2.75) is 17.7 Å². The summed E-state index contributed by atoms with van der Waals surface area (Å²) < 4.78 is 2.82. The van der Waals surface area contributed by atoms with Crippen molar-refractivity contribution in [3.63, 3.8) is 0 Å². The number of nitrogens with zero attached hydrogens (tertiary/aromatic N) is 5. The highest BCUT2D eigenvalue weighted by Gasteiger charge is 2.21. The Hall–Kier alpha value is -3.41. The fourth-order valence-corrected chi connectivity index (χ4v) is 4.74. The number of hydrogen-bond acceptors (Lipinski definition) is 7. The third-order valence-corrected chi connectivity index (χ3v) is 6.85. The lowest BCUT2D eigenvalue weighted by Crippen LogP contribution is -2.32. The first-order chi connectivity index (χ1) is 17.3. The number of amides is 2. The number of nitrogens with one attached hydrogen (secondary N) is 2. The fraction of sp³-hybridized carbons (Fsp3) is 0.292. The highest BCUT2D eigenvalue weighted by atomic mass is 35.5. The van der Waals surface area contributed by atoms with Crippen molar-refractivity contribution in [2.75, 3.05) is 27.2 Å². The summed E-state index contributed by atoms with van der Waals surface area (Å²) >= 11 is 7.36. The molecule has 188 valence electrons. The number of pyridine rings is 1. The molecule has 3 aromatic rings. The molecule has 36 heavy (non-hydrogen) atoms. The zero-order valence-electron chi connectivity index (χ0n) is 19.8. The highest BCUT2D eigenvalue weighted by molar-refractivity contribution is 8.05. The fourth-order valence-electron chi connectivity index (χ4n) is 3.52. The van der Waals surface area contributed by atoms with Gasteiger partial charge in [-0.3, -0.25) is 19.0 Å². The number of benzene rings is 1. The Morgan fingerprint density at radius 3 is 2.75 bits per heavy atom. The summed E-state index contributed by atoms with van der Waals surface area (Å²) in [6, 6.07) is 9.97. The number of likely N-dealkylation sites (N-methyl/N-ethyl adjacent to an activating group) is 1. The van der Waals surface area contributed by atoms with Gasteiger partial charge in [0.2, 0.25) is 0 Å². The Morgan fingerprint density at radius 2 is 2.03 bits per heavy atom. The molecule has 1 aromatic carbocycles. The standard InChI is InChI=1S/C24H26ClN7O3S/c1-30(2)12-10-26-23(34)18-13-17(31-11-4-3-5-22(31)33)6-7-19(18)32-15-16(28-29-32)14-27-24(35)20-8-9-21(25)36-20/h3-8,11,13,15,21H,9-10,12,14H2,1-2H3,(H,26,34)(H,27,35). The third-order valence-electron chi connectivity index (χ3n) is 5.35. The molecule has 10 nitrogen and oxygen atoms in total. The van der Waals surface area contributed by atoms with Gasteiger partial charge in [0.1, 0.15) is 5.69 Å². The van der Waals surface area contributed by atoms with Gasteiger partial charge in [-0.25, -0.2) is 4.68 Å². The Kier molecular flexibility index (Phi) is 8.24. The van der Waals surface area contributed by atoms with Gasteiger partial charge in [0, 0.05) is 31.0 Å². The van der Waals surface area contributed by atoms with Crippen molar-refractivity contribution >= 4 is 35.2 Å². The minimum Gasteiger partial charge on any atom is -0.351 e. The van der Waals surface area contributed by atoms with Gasteiger partial charge in [-0.1, -0.05) is 17.4 Å². The zero-order chi connectivity index (χ0) is 25.7. The topological polar surface area (TPSA) is 114 Å². The molecule has 0 radical (unpaired) electrons. The van der Waals surface area contributed by atoms with Crippen molar-refractivity contribution in [1.82, 2.24) is 35.1 Å². The molecule has 3 heterocycles. The van der Waals surface area contributed by atoms with Crippen molar-refractivity contribution in [3.8, 4) is 11.4 Å². The summed E-state index contributed by atoms with van der Waals surface area (Å²) in [5, 5.41) is 14.0. The van der Waals surface area contributed by atoms with E-state index in [0.717, 1.165) is 0 Å². The Bertz CT molecular complexity index is 1350. The molecule has 0 bridgehead atoms. The van der Waals surface area contributed by atoms with Gasteiger partial charge >= 0.3 is 0 Å². The van der Waals surface area contributed by atoms with Crippen LogP contribution in [-0.2, 0) is 11.3 Å². The molecule has 2 amide bonds. The number of halogens is 1. The second-order valence-corrected chi connectivity index (χ2v) is 10.4. The Balaban J connectivity index is 1.57. The second-order valence-electron chi connectivity index (χ2n) is 8.34. The van der Waals surface area contributed by atoms with E-state index >= 15 is 0 Å². The van der Waals surface area contributed by atoms with E-state index in [4.69, 9.17) is 11.6 Å². The van der Waals surface area contributed by atoms with E-state index in [2.05, 4.69) is 20.9 Å². The maximum Gasteiger partial charge on any atom is 0.257 e. The minimum absolute atomic E-state index is 0.122. The second kappa shape index (κ2) is 11.5. The molecule has 4 rings (SSSR count). The predicted octanol–water partition coefficient (Wildman–Crippen LogP) is 1.91. The van der Waals surface area contributed by atoms with Crippen LogP contribution in [0.5, 0.6) is 0 Å². The van der Waals surface area contributed by atoms with Gasteiger partial charge in [-0.15, -0.1) is 28.5 Å². The molecule has 1 unspecified atom stereocenters. The monoisotopic (exact) mass is 527 g/mol. The van der Waals surface area contributed by atoms with Crippen LogP contribution in [-0.4, -0.2) is 68.2 Å². The van der Waals surface area contributed by atoms with Crippen molar-refractivity contribution in [3.05, 3.63) is 81.4 Å². The van der Waals surface area contributed by atoms with Crippen LogP contribution in [0.1, 0.15) is 22.5 Å². The molecule has 12 heteroatoms. The smallest absolute Gasteiger partial charge is 0.257 e. The van der Waals surface area contributed by atoms with Crippen LogP contribution >= 0.6 is 23.4 Å². The third kappa shape index (κ3) is 6.23. The van der Waals surface area contributed by atoms with E-state index in [9.17, 15) is 14.4 Å². The summed E-state index contributed by atoms with van der Waals surface area (Å²) in [5.74, 6) is -0.514. The summed E-state index contributed by atoms with van der Waals surface area (Å²) in [6.45, 7) is 1.29. The molecular formula is C24H26ClN7O3S. The van der Waals surface area contributed by atoms with E-state index in [1.165, 1.54) is 27.1 Å². The minimum atomic E-state index is -0.302. The molecule has 0 saturated heterocycles. The molecular weight excluding hydrogens is 502 g/mol. The van der Waals surface area contributed by atoms with Crippen molar-refractivity contribution in [2.24, 2.45) is 0 Å².